The zero-order valence-electron chi connectivity index (χ0n) is 8.07. The van der Waals surface area contributed by atoms with Gasteiger partial charge in [-0.05, 0) is 23.6 Å². The van der Waals surface area contributed by atoms with Gasteiger partial charge in [-0.3, -0.25) is 0 Å². The van der Waals surface area contributed by atoms with Crippen LogP contribution >= 0.6 is 0 Å². The van der Waals surface area contributed by atoms with E-state index in [0.29, 0.717) is 5.92 Å². The first-order valence-electron chi connectivity index (χ1n) is 4.52. The fourth-order valence-electron chi connectivity index (χ4n) is 1.47. The minimum atomic E-state index is -0.0503. The standard InChI is InChI=1S/C10H11IN2O/c1-6(2)7-3-4-9-8(5-7)12-10(14)13(9)11/h3-6,11H,1-2H3/p+1. The fraction of sp³-hybridized carbons (Fsp3) is 0.300. The lowest BCUT2D eigenvalue weighted by atomic mass is 10.0. The summed E-state index contributed by atoms with van der Waals surface area (Å²) in [6, 6.07) is 6.11. The average molecular weight is 303 g/mol. The van der Waals surface area contributed by atoms with E-state index in [1.54, 1.807) is 25.6 Å². The first kappa shape index (κ1) is 9.76. The number of hydrogen-bond acceptors (Lipinski definition) is 1. The van der Waals surface area contributed by atoms with Crippen LogP contribution < -0.4 is 28.6 Å². The lowest BCUT2D eigenvalue weighted by Gasteiger charge is -2.03. The van der Waals surface area contributed by atoms with E-state index < -0.39 is 0 Å². The van der Waals surface area contributed by atoms with E-state index in [0.717, 1.165) is 11.0 Å². The second kappa shape index (κ2) is 3.42. The van der Waals surface area contributed by atoms with E-state index in [1.807, 2.05) is 12.1 Å². The molecule has 0 saturated carbocycles. The van der Waals surface area contributed by atoms with Gasteiger partial charge in [0.2, 0.25) is 0 Å². The molecule has 0 amide bonds. The molecule has 1 N–H and O–H groups in total. The zero-order valence-corrected chi connectivity index (χ0v) is 10.4. The van der Waals surface area contributed by atoms with Gasteiger partial charge in [0.15, 0.2) is 0 Å². The van der Waals surface area contributed by atoms with Crippen LogP contribution in [0.5, 0.6) is 0 Å². The number of hydrogen-bond donors (Lipinski definition) is 1. The Morgan fingerprint density at radius 1 is 1.43 bits per heavy atom. The van der Waals surface area contributed by atoms with Gasteiger partial charge < -0.3 is 4.98 Å². The van der Waals surface area contributed by atoms with Crippen LogP contribution in [-0.4, -0.2) is 7.76 Å². The van der Waals surface area contributed by atoms with Gasteiger partial charge in [0.25, 0.3) is 0 Å². The van der Waals surface area contributed by atoms with Gasteiger partial charge in [-0.15, -0.1) is 0 Å². The van der Waals surface area contributed by atoms with Crippen LogP contribution in [-0.2, 0) is 0 Å². The van der Waals surface area contributed by atoms with Crippen molar-refractivity contribution in [2.75, 3.05) is 0 Å². The number of benzene rings is 1. The highest BCUT2D eigenvalue weighted by Gasteiger charge is 2.10. The summed E-state index contributed by atoms with van der Waals surface area (Å²) in [5.74, 6) is 0.490. The molecule has 0 bridgehead atoms. The van der Waals surface area contributed by atoms with E-state index in [4.69, 9.17) is 0 Å². The molecule has 0 saturated heterocycles. The monoisotopic (exact) mass is 303 g/mol. The van der Waals surface area contributed by atoms with Gasteiger partial charge in [0.05, 0.1) is 5.52 Å². The van der Waals surface area contributed by atoms with E-state index >= 15 is 0 Å². The molecular weight excluding hydrogens is 291 g/mol. The summed E-state index contributed by atoms with van der Waals surface area (Å²) in [6.45, 7) is 4.28. The third-order valence-electron chi connectivity index (χ3n) is 2.33. The van der Waals surface area contributed by atoms with Crippen LogP contribution in [0.4, 0.5) is 0 Å². The molecule has 1 heterocycles. The molecule has 4 heteroatoms. The lowest BCUT2D eigenvalue weighted by molar-refractivity contribution is -0.438. The summed E-state index contributed by atoms with van der Waals surface area (Å²) < 4.78 is 1.63. The molecule has 0 fully saturated rings. The van der Waals surface area contributed by atoms with Crippen molar-refractivity contribution in [1.82, 2.24) is 7.76 Å². The molecule has 0 spiro atoms. The summed E-state index contributed by atoms with van der Waals surface area (Å²) in [5, 5.41) is 0. The van der Waals surface area contributed by atoms with Crippen LogP contribution in [0.2, 0.25) is 0 Å². The Bertz CT molecular complexity index is 524. The normalized spacial score (nSPS) is 11.4. The number of halogens is 1. The summed E-state index contributed by atoms with van der Waals surface area (Å²) in [5.41, 5.74) is 3.09. The van der Waals surface area contributed by atoms with Gasteiger partial charge in [-0.2, -0.15) is 0 Å². The van der Waals surface area contributed by atoms with Crippen molar-refractivity contribution in [3.8, 4) is 0 Å². The molecule has 1 aromatic heterocycles. The smallest absolute Gasteiger partial charge is 0.302 e. The van der Waals surface area contributed by atoms with Crippen LogP contribution in [0.1, 0.15) is 25.3 Å². The molecule has 74 valence electrons. The number of nitrogens with zero attached hydrogens (tertiary/aromatic N) is 1. The summed E-state index contributed by atoms with van der Waals surface area (Å²) in [4.78, 5) is 14.2. The Kier molecular flexibility index (Phi) is 2.38. The molecule has 14 heavy (non-hydrogen) atoms. The number of H-pyrrole nitrogens is 1. The quantitative estimate of drug-likeness (QED) is 0.640. The highest BCUT2D eigenvalue weighted by molar-refractivity contribution is 5.75. The largest absolute Gasteiger partial charge is 0.413 e. The average Bonchev–Trinajstić information content (AvgIpc) is 2.42. The maximum atomic E-state index is 11.3. The molecule has 0 unspecified atom stereocenters. The molecule has 1 aromatic carbocycles. The van der Waals surface area contributed by atoms with Crippen LogP contribution in [0.15, 0.2) is 23.0 Å². The molecular formula is C10H12IN2O+. The summed E-state index contributed by atoms with van der Waals surface area (Å²) >= 11 is 1.70. The third kappa shape index (κ3) is 1.47. The van der Waals surface area contributed by atoms with Gasteiger partial charge in [0, 0.05) is 0 Å². The topological polar surface area (TPSA) is 37.8 Å². The Balaban J connectivity index is 2.73. The second-order valence-electron chi connectivity index (χ2n) is 3.66. The molecule has 0 aliphatic rings. The minimum Gasteiger partial charge on any atom is -0.302 e. The first-order valence-corrected chi connectivity index (χ1v) is 5.56. The Morgan fingerprint density at radius 2 is 2.14 bits per heavy atom. The zero-order chi connectivity index (χ0) is 10.3. The predicted octanol–water partition coefficient (Wildman–Crippen LogP) is -1.50. The first-order chi connectivity index (χ1) is 6.59. The molecule has 0 aliphatic carbocycles. The fourth-order valence-corrected chi connectivity index (χ4v) is 2.05. The van der Waals surface area contributed by atoms with E-state index in [9.17, 15) is 4.79 Å². The minimum absolute atomic E-state index is 0.0503. The van der Waals surface area contributed by atoms with Crippen molar-refractivity contribution in [2.45, 2.75) is 19.8 Å². The van der Waals surface area contributed by atoms with Crippen molar-refractivity contribution in [2.24, 2.45) is 0 Å². The van der Waals surface area contributed by atoms with Gasteiger partial charge in [0.1, 0.15) is 5.52 Å². The summed E-state index contributed by atoms with van der Waals surface area (Å²) in [6.07, 6.45) is 0. The van der Waals surface area contributed by atoms with E-state index in [-0.39, 0.29) is 5.69 Å². The number of aromatic nitrogens is 2. The highest BCUT2D eigenvalue weighted by atomic mass is 127. The summed E-state index contributed by atoms with van der Waals surface area (Å²) in [7, 11) is 0. The van der Waals surface area contributed by atoms with Crippen LogP contribution in [0.25, 0.3) is 11.0 Å². The van der Waals surface area contributed by atoms with Gasteiger partial charge in [-0.25, -0.2) is 4.79 Å². The van der Waals surface area contributed by atoms with Crippen molar-refractivity contribution in [3.63, 3.8) is 0 Å². The lowest BCUT2D eigenvalue weighted by Crippen LogP contribution is -3.39. The number of imidazole rings is 1. The maximum Gasteiger partial charge on any atom is 0.413 e. The van der Waals surface area contributed by atoms with Gasteiger partial charge >= 0.3 is 28.6 Å². The van der Waals surface area contributed by atoms with Crippen molar-refractivity contribution < 1.29 is 22.9 Å². The molecule has 2 rings (SSSR count). The van der Waals surface area contributed by atoms with Crippen LogP contribution in [0, 0.1) is 0 Å². The van der Waals surface area contributed by atoms with Crippen molar-refractivity contribution in [1.29, 1.82) is 0 Å². The number of fused-ring (bicyclic) bond motifs is 1. The molecule has 2 aromatic rings. The maximum absolute atomic E-state index is 11.3. The molecule has 0 radical (unpaired) electrons. The number of nitrogens with one attached hydrogen (secondary N) is 1. The number of rotatable bonds is 1. The van der Waals surface area contributed by atoms with Crippen molar-refractivity contribution >= 4 is 11.0 Å². The number of aromatic amines is 1. The SMILES string of the molecule is CC(C)c1ccc2c(c1)[nH]c(=O)n2[IH+]. The Labute approximate surface area is 95.6 Å². The molecule has 3 nitrogen and oxygen atoms in total. The third-order valence-corrected chi connectivity index (χ3v) is 3.37. The van der Waals surface area contributed by atoms with E-state index in [1.165, 1.54) is 5.56 Å². The van der Waals surface area contributed by atoms with Crippen molar-refractivity contribution in [3.05, 3.63) is 34.2 Å². The Hall–Kier alpha value is -0.780. The molecule has 0 aliphatic heterocycles. The highest BCUT2D eigenvalue weighted by Crippen LogP contribution is 2.18. The second-order valence-corrected chi connectivity index (χ2v) is 4.70. The predicted molar refractivity (Wildman–Crippen MR) is 53.4 cm³/mol. The van der Waals surface area contributed by atoms with Gasteiger partial charge in [-0.1, -0.05) is 22.7 Å². The Morgan fingerprint density at radius 3 is 2.79 bits per heavy atom. The molecule has 0 atom stereocenters. The van der Waals surface area contributed by atoms with E-state index in [2.05, 4.69) is 24.9 Å². The van der Waals surface area contributed by atoms with Crippen LogP contribution in [0.3, 0.4) is 0 Å².